The topological polar surface area (TPSA) is 84.9 Å². The van der Waals surface area contributed by atoms with Crippen LogP contribution in [-0.4, -0.2) is 59.6 Å². The van der Waals surface area contributed by atoms with Crippen molar-refractivity contribution in [3.8, 4) is 0 Å². The molecule has 36 heavy (non-hydrogen) atoms. The number of fused-ring (bicyclic) bond motifs is 2. The molecule has 0 saturated carbocycles. The summed E-state index contributed by atoms with van der Waals surface area (Å²) in [4.78, 5) is 42.0. The molecule has 2 aliphatic rings. The van der Waals surface area contributed by atoms with Crippen LogP contribution in [0.4, 0.5) is 0 Å². The van der Waals surface area contributed by atoms with E-state index in [4.69, 9.17) is 9.47 Å². The second kappa shape index (κ2) is 10.8. The number of ether oxygens (including phenoxy) is 2. The average Bonchev–Trinajstić information content (AvgIpc) is 3.07. The van der Waals surface area contributed by atoms with E-state index in [-0.39, 0.29) is 18.0 Å². The van der Waals surface area contributed by atoms with Gasteiger partial charge in [-0.25, -0.2) is 9.59 Å². The molecule has 4 rings (SSSR count). The fraction of sp³-hybridized carbons (Fsp3) is 0.483. The SMILES string of the molecule is CN1[C@H]2CC[C@@H]1[C@@H](C(=O)NC(Cc1ccccc1)C(=O)OC(C)(C)C)[C@@H](OC(=O)c1ccccc1)C2. The Labute approximate surface area is 213 Å². The lowest BCUT2D eigenvalue weighted by atomic mass is 9.86. The molecular weight excluding hydrogens is 456 g/mol. The first kappa shape index (κ1) is 25.9. The van der Waals surface area contributed by atoms with Gasteiger partial charge < -0.3 is 14.8 Å². The van der Waals surface area contributed by atoms with Crippen molar-refractivity contribution in [2.75, 3.05) is 7.05 Å². The summed E-state index contributed by atoms with van der Waals surface area (Å²) >= 11 is 0. The number of nitrogens with one attached hydrogen (secondary N) is 1. The first-order valence-electron chi connectivity index (χ1n) is 12.7. The molecule has 1 N–H and O–H groups in total. The summed E-state index contributed by atoms with van der Waals surface area (Å²) in [5.41, 5.74) is 0.690. The number of esters is 2. The smallest absolute Gasteiger partial charge is 0.338 e. The summed E-state index contributed by atoms with van der Waals surface area (Å²) in [5, 5.41) is 2.97. The second-order valence-corrected chi connectivity index (χ2v) is 10.8. The van der Waals surface area contributed by atoms with Crippen molar-refractivity contribution in [1.29, 1.82) is 0 Å². The minimum absolute atomic E-state index is 0.0617. The largest absolute Gasteiger partial charge is 0.458 e. The lowest BCUT2D eigenvalue weighted by Crippen LogP contribution is -2.58. The third-order valence-electron chi connectivity index (χ3n) is 7.08. The minimum Gasteiger partial charge on any atom is -0.458 e. The monoisotopic (exact) mass is 492 g/mol. The maximum atomic E-state index is 13.8. The maximum Gasteiger partial charge on any atom is 0.338 e. The minimum atomic E-state index is -0.853. The zero-order valence-electron chi connectivity index (χ0n) is 21.5. The summed E-state index contributed by atoms with van der Waals surface area (Å²) in [7, 11) is 2.02. The number of hydrogen-bond acceptors (Lipinski definition) is 6. The average molecular weight is 493 g/mol. The molecule has 0 aliphatic carbocycles. The Bertz CT molecular complexity index is 1070. The van der Waals surface area contributed by atoms with E-state index < -0.39 is 35.6 Å². The Balaban J connectivity index is 1.55. The molecule has 1 amide bonds. The summed E-state index contributed by atoms with van der Waals surface area (Å²) in [6, 6.07) is 17.7. The van der Waals surface area contributed by atoms with Crippen molar-refractivity contribution in [1.82, 2.24) is 10.2 Å². The summed E-state index contributed by atoms with van der Waals surface area (Å²) in [5.74, 6) is -1.78. The predicted octanol–water partition coefficient (Wildman–Crippen LogP) is 3.76. The zero-order valence-corrected chi connectivity index (χ0v) is 21.5. The van der Waals surface area contributed by atoms with E-state index in [9.17, 15) is 14.4 Å². The van der Waals surface area contributed by atoms with E-state index in [1.54, 1.807) is 45.0 Å². The first-order chi connectivity index (χ1) is 17.1. The van der Waals surface area contributed by atoms with Gasteiger partial charge in [0.05, 0.1) is 11.5 Å². The van der Waals surface area contributed by atoms with Crippen LogP contribution in [0.3, 0.4) is 0 Å². The van der Waals surface area contributed by atoms with Gasteiger partial charge in [-0.1, -0.05) is 48.5 Å². The van der Waals surface area contributed by atoms with Crippen molar-refractivity contribution in [3.63, 3.8) is 0 Å². The Kier molecular flexibility index (Phi) is 7.79. The standard InChI is InChI=1S/C29H36N2O5/c1-29(2,3)36-28(34)22(17-19-11-7-5-8-12-19)30-26(32)25-23-16-15-21(31(23)4)18-24(25)35-27(33)20-13-9-6-10-14-20/h5-14,21-25H,15-18H2,1-4H3,(H,30,32)/t21-,22?,23+,24-,25+/m0/s1. The number of rotatable bonds is 7. The Morgan fingerprint density at radius 1 is 1.00 bits per heavy atom. The van der Waals surface area contributed by atoms with Gasteiger partial charge in [0.2, 0.25) is 5.91 Å². The third kappa shape index (κ3) is 6.13. The number of carbonyl (C=O) groups excluding carboxylic acids is 3. The van der Waals surface area contributed by atoms with Crippen molar-refractivity contribution in [3.05, 3.63) is 71.8 Å². The molecule has 1 unspecified atom stereocenters. The number of benzene rings is 2. The van der Waals surface area contributed by atoms with Crippen molar-refractivity contribution in [2.24, 2.45) is 5.92 Å². The van der Waals surface area contributed by atoms with Crippen molar-refractivity contribution in [2.45, 2.75) is 76.3 Å². The molecule has 7 nitrogen and oxygen atoms in total. The molecule has 0 radical (unpaired) electrons. The van der Waals surface area contributed by atoms with Gasteiger partial charge in [-0.3, -0.25) is 9.69 Å². The highest BCUT2D eigenvalue weighted by atomic mass is 16.6. The molecule has 2 aromatic carbocycles. The van der Waals surface area contributed by atoms with Crippen LogP contribution in [0, 0.1) is 5.92 Å². The van der Waals surface area contributed by atoms with E-state index in [0.29, 0.717) is 18.4 Å². The predicted molar refractivity (Wildman–Crippen MR) is 136 cm³/mol. The summed E-state index contributed by atoms with van der Waals surface area (Å²) in [6.45, 7) is 5.42. The highest BCUT2D eigenvalue weighted by Crippen LogP contribution is 2.40. The van der Waals surface area contributed by atoms with Gasteiger partial charge >= 0.3 is 11.9 Å². The molecular formula is C29H36N2O5. The van der Waals surface area contributed by atoms with Gasteiger partial charge in [0.15, 0.2) is 0 Å². The lowest BCUT2D eigenvalue weighted by molar-refractivity contribution is -0.159. The molecule has 2 bridgehead atoms. The third-order valence-corrected chi connectivity index (χ3v) is 7.08. The van der Waals surface area contributed by atoms with Gasteiger partial charge in [-0.05, 0) is 58.4 Å². The second-order valence-electron chi connectivity index (χ2n) is 10.8. The van der Waals surface area contributed by atoms with E-state index in [0.717, 1.165) is 18.4 Å². The molecule has 2 fully saturated rings. The van der Waals surface area contributed by atoms with Gasteiger partial charge in [0, 0.05) is 24.9 Å². The van der Waals surface area contributed by atoms with Crippen LogP contribution in [0.25, 0.3) is 0 Å². The number of carbonyl (C=O) groups is 3. The Morgan fingerprint density at radius 3 is 2.28 bits per heavy atom. The molecule has 2 aliphatic heterocycles. The van der Waals surface area contributed by atoms with Gasteiger partial charge in [-0.15, -0.1) is 0 Å². The normalized spacial score (nSPS) is 24.6. The molecule has 0 spiro atoms. The van der Waals surface area contributed by atoms with Gasteiger partial charge in [0.25, 0.3) is 0 Å². The molecule has 2 saturated heterocycles. The van der Waals surface area contributed by atoms with Crippen LogP contribution in [0.1, 0.15) is 56.0 Å². The molecule has 5 atom stereocenters. The Hall–Kier alpha value is -3.19. The molecule has 7 heteroatoms. The highest BCUT2D eigenvalue weighted by Gasteiger charge is 2.51. The van der Waals surface area contributed by atoms with E-state index in [2.05, 4.69) is 10.2 Å². The first-order valence-corrected chi connectivity index (χ1v) is 12.7. The quantitative estimate of drug-likeness (QED) is 0.593. The molecule has 2 aromatic rings. The lowest BCUT2D eigenvalue weighted by Gasteiger charge is -2.41. The van der Waals surface area contributed by atoms with Crippen LogP contribution in [0.2, 0.25) is 0 Å². The van der Waals surface area contributed by atoms with Crippen molar-refractivity contribution < 1.29 is 23.9 Å². The van der Waals surface area contributed by atoms with Crippen LogP contribution < -0.4 is 5.32 Å². The molecule has 0 aromatic heterocycles. The van der Waals surface area contributed by atoms with Crippen LogP contribution in [0.5, 0.6) is 0 Å². The number of amides is 1. The molecule has 192 valence electrons. The van der Waals surface area contributed by atoms with E-state index in [1.165, 1.54) is 0 Å². The number of nitrogens with zero attached hydrogens (tertiary/aromatic N) is 1. The summed E-state index contributed by atoms with van der Waals surface area (Å²) in [6.07, 6.45) is 2.12. The van der Waals surface area contributed by atoms with E-state index in [1.807, 2.05) is 43.4 Å². The van der Waals surface area contributed by atoms with Crippen LogP contribution >= 0.6 is 0 Å². The Morgan fingerprint density at radius 2 is 1.64 bits per heavy atom. The summed E-state index contributed by atoms with van der Waals surface area (Å²) < 4.78 is 11.6. The zero-order chi connectivity index (χ0) is 25.9. The van der Waals surface area contributed by atoms with Gasteiger partial charge in [0.1, 0.15) is 17.7 Å². The van der Waals surface area contributed by atoms with Crippen molar-refractivity contribution >= 4 is 17.8 Å². The van der Waals surface area contributed by atoms with Crippen LogP contribution in [-0.2, 0) is 25.5 Å². The van der Waals surface area contributed by atoms with Gasteiger partial charge in [-0.2, -0.15) is 0 Å². The van der Waals surface area contributed by atoms with E-state index >= 15 is 0 Å². The fourth-order valence-corrected chi connectivity index (χ4v) is 5.35. The molecule has 2 heterocycles. The fourth-order valence-electron chi connectivity index (χ4n) is 5.35. The number of piperidine rings is 1. The highest BCUT2D eigenvalue weighted by molar-refractivity contribution is 5.90. The maximum absolute atomic E-state index is 13.8. The van der Waals surface area contributed by atoms with Crippen LogP contribution in [0.15, 0.2) is 60.7 Å². The number of hydrogen-bond donors (Lipinski definition) is 1.